The van der Waals surface area contributed by atoms with Crippen molar-refractivity contribution in [2.45, 2.75) is 0 Å². The Morgan fingerprint density at radius 2 is 0.589 bits per heavy atom. The van der Waals surface area contributed by atoms with Crippen LogP contribution in [0.2, 0.25) is 0 Å². The van der Waals surface area contributed by atoms with Crippen LogP contribution < -0.4 is 0 Å². The van der Waals surface area contributed by atoms with Crippen LogP contribution in [0.4, 0.5) is 0 Å². The van der Waals surface area contributed by atoms with E-state index in [1.54, 1.807) is 0 Å². The van der Waals surface area contributed by atoms with Gasteiger partial charge in [-0.1, -0.05) is 146 Å². The molecule has 56 heavy (non-hydrogen) atoms. The summed E-state index contributed by atoms with van der Waals surface area (Å²) in [4.78, 5) is 24.9. The molecule has 0 amide bonds. The molecule has 0 saturated heterocycles. The highest BCUT2D eigenvalue weighted by atomic mass is 15.0. The average molecular weight is 716 g/mol. The van der Waals surface area contributed by atoms with Crippen LogP contribution in [0.3, 0.4) is 0 Å². The van der Waals surface area contributed by atoms with Crippen molar-refractivity contribution >= 4 is 21.8 Å². The molecule has 10 aromatic rings. The van der Waals surface area contributed by atoms with Crippen molar-refractivity contribution in [1.82, 2.24) is 24.9 Å². The number of hydrogen-bond donors (Lipinski definition) is 0. The van der Waals surface area contributed by atoms with Gasteiger partial charge in [0, 0.05) is 39.9 Å². The first kappa shape index (κ1) is 33.0. The van der Waals surface area contributed by atoms with E-state index >= 15 is 0 Å². The lowest BCUT2D eigenvalue weighted by molar-refractivity contribution is 1.08. The Kier molecular flexibility index (Phi) is 8.43. The number of fused-ring (bicyclic) bond motifs is 2. The molecule has 7 aromatic carbocycles. The highest BCUT2D eigenvalue weighted by Crippen LogP contribution is 2.36. The number of pyridine rings is 2. The van der Waals surface area contributed by atoms with E-state index < -0.39 is 0 Å². The van der Waals surface area contributed by atoms with Crippen LogP contribution in [-0.2, 0) is 0 Å². The van der Waals surface area contributed by atoms with Gasteiger partial charge in [-0.15, -0.1) is 0 Å². The van der Waals surface area contributed by atoms with Gasteiger partial charge >= 0.3 is 0 Å². The fraction of sp³-hybridized carbons (Fsp3) is 0. The number of hydrogen-bond acceptors (Lipinski definition) is 5. The van der Waals surface area contributed by atoms with Crippen LogP contribution >= 0.6 is 0 Å². The quantitative estimate of drug-likeness (QED) is 0.164. The largest absolute Gasteiger partial charge is 0.256 e. The lowest BCUT2D eigenvalue weighted by Crippen LogP contribution is -2.02. The summed E-state index contributed by atoms with van der Waals surface area (Å²) in [5.41, 5.74) is 13.5. The maximum Gasteiger partial charge on any atom is 0.164 e. The average Bonchev–Trinajstić information content (AvgIpc) is 3.29. The minimum atomic E-state index is 0.580. The van der Waals surface area contributed by atoms with Crippen LogP contribution in [-0.4, -0.2) is 24.9 Å². The molecular formula is C51H33N5. The van der Waals surface area contributed by atoms with Gasteiger partial charge in [-0.05, 0) is 87.0 Å². The molecule has 0 atom stereocenters. The number of para-hydroxylation sites is 2. The molecule has 0 spiro atoms. The summed E-state index contributed by atoms with van der Waals surface area (Å²) in [5, 5.41) is 1.95. The zero-order valence-electron chi connectivity index (χ0n) is 30.3. The molecular weight excluding hydrogens is 683 g/mol. The maximum absolute atomic E-state index is 5.24. The molecule has 0 fully saturated rings. The van der Waals surface area contributed by atoms with E-state index in [9.17, 15) is 0 Å². The standard InChI is InChI=1S/C51H33N5/c1-3-11-34(12-4-1)36-19-23-38(24-20-36)40-31-41(39-25-21-37(22-26-39)35-13-5-2-6-14-35)33-42(32-40)49-54-50(45-27-29-52-47-17-9-7-15-43(45)47)56-51(55-49)46-28-30-53-48-18-10-8-16-44(46)48/h1-33H. The van der Waals surface area contributed by atoms with Gasteiger partial charge in [-0.25, -0.2) is 15.0 Å². The Bertz CT molecular complexity index is 2790. The van der Waals surface area contributed by atoms with Crippen LogP contribution in [0.15, 0.2) is 200 Å². The summed E-state index contributed by atoms with van der Waals surface area (Å²) in [6.07, 6.45) is 3.64. The van der Waals surface area contributed by atoms with Crippen molar-refractivity contribution < 1.29 is 0 Å². The summed E-state index contributed by atoms with van der Waals surface area (Å²) >= 11 is 0. The summed E-state index contributed by atoms with van der Waals surface area (Å²) < 4.78 is 0. The molecule has 0 saturated carbocycles. The van der Waals surface area contributed by atoms with Gasteiger partial charge in [0.05, 0.1) is 11.0 Å². The van der Waals surface area contributed by atoms with E-state index in [1.165, 1.54) is 22.3 Å². The molecule has 0 aliphatic rings. The highest BCUT2D eigenvalue weighted by molar-refractivity contribution is 5.95. The second kappa shape index (κ2) is 14.3. The van der Waals surface area contributed by atoms with E-state index in [4.69, 9.17) is 15.0 Å². The van der Waals surface area contributed by atoms with Crippen molar-refractivity contribution in [2.24, 2.45) is 0 Å². The third-order valence-corrected chi connectivity index (χ3v) is 10.3. The third kappa shape index (κ3) is 6.37. The van der Waals surface area contributed by atoms with E-state index in [-0.39, 0.29) is 0 Å². The van der Waals surface area contributed by atoms with Gasteiger partial charge in [-0.3, -0.25) is 9.97 Å². The molecule has 5 heteroatoms. The molecule has 0 bridgehead atoms. The first-order valence-corrected chi connectivity index (χ1v) is 18.7. The van der Waals surface area contributed by atoms with Gasteiger partial charge in [0.15, 0.2) is 17.5 Å². The predicted molar refractivity (Wildman–Crippen MR) is 228 cm³/mol. The lowest BCUT2D eigenvalue weighted by atomic mass is 9.93. The van der Waals surface area contributed by atoms with Crippen molar-refractivity contribution in [2.75, 3.05) is 0 Å². The zero-order valence-corrected chi connectivity index (χ0v) is 30.3. The van der Waals surface area contributed by atoms with Gasteiger partial charge in [0.25, 0.3) is 0 Å². The summed E-state index contributed by atoms with van der Waals surface area (Å²) in [7, 11) is 0. The smallest absolute Gasteiger partial charge is 0.164 e. The van der Waals surface area contributed by atoms with Gasteiger partial charge in [-0.2, -0.15) is 0 Å². The minimum Gasteiger partial charge on any atom is -0.256 e. The summed E-state index contributed by atoms with van der Waals surface area (Å²) in [6, 6.07) is 65.3. The molecule has 0 aliphatic carbocycles. The van der Waals surface area contributed by atoms with E-state index in [0.29, 0.717) is 17.5 Å². The van der Waals surface area contributed by atoms with Crippen LogP contribution in [0.1, 0.15) is 0 Å². The summed E-state index contributed by atoms with van der Waals surface area (Å²) in [6.45, 7) is 0. The third-order valence-electron chi connectivity index (χ3n) is 10.3. The van der Waals surface area contributed by atoms with E-state index in [0.717, 1.165) is 60.8 Å². The Morgan fingerprint density at radius 3 is 1.04 bits per heavy atom. The van der Waals surface area contributed by atoms with Crippen molar-refractivity contribution in [3.63, 3.8) is 0 Å². The molecule has 0 N–H and O–H groups in total. The molecule has 262 valence electrons. The topological polar surface area (TPSA) is 64.5 Å². The normalized spacial score (nSPS) is 11.2. The Balaban J connectivity index is 1.18. The maximum atomic E-state index is 5.24. The molecule has 0 unspecified atom stereocenters. The van der Waals surface area contributed by atoms with Crippen molar-refractivity contribution in [3.05, 3.63) is 200 Å². The molecule has 3 aromatic heterocycles. The van der Waals surface area contributed by atoms with E-state index in [2.05, 4.69) is 137 Å². The lowest BCUT2D eigenvalue weighted by Gasteiger charge is -2.14. The van der Waals surface area contributed by atoms with Gasteiger partial charge in [0.2, 0.25) is 0 Å². The van der Waals surface area contributed by atoms with Crippen molar-refractivity contribution in [1.29, 1.82) is 0 Å². The monoisotopic (exact) mass is 715 g/mol. The van der Waals surface area contributed by atoms with Gasteiger partial charge < -0.3 is 0 Å². The minimum absolute atomic E-state index is 0.580. The highest BCUT2D eigenvalue weighted by Gasteiger charge is 2.18. The molecule has 10 rings (SSSR count). The number of benzene rings is 7. The molecule has 5 nitrogen and oxygen atoms in total. The fourth-order valence-electron chi connectivity index (χ4n) is 7.39. The Morgan fingerprint density at radius 1 is 0.250 bits per heavy atom. The Hall–Kier alpha value is -7.63. The second-order valence-corrected chi connectivity index (χ2v) is 13.7. The second-order valence-electron chi connectivity index (χ2n) is 13.7. The van der Waals surface area contributed by atoms with E-state index in [1.807, 2.05) is 73.1 Å². The Labute approximate surface area is 324 Å². The first-order valence-electron chi connectivity index (χ1n) is 18.7. The molecule has 0 radical (unpaired) electrons. The van der Waals surface area contributed by atoms with Crippen LogP contribution in [0.25, 0.3) is 100 Å². The van der Waals surface area contributed by atoms with Crippen LogP contribution in [0.5, 0.6) is 0 Å². The number of aromatic nitrogens is 5. The molecule has 0 aliphatic heterocycles. The molecule has 3 heterocycles. The van der Waals surface area contributed by atoms with Crippen LogP contribution in [0, 0.1) is 0 Å². The summed E-state index contributed by atoms with van der Waals surface area (Å²) in [5.74, 6) is 1.74. The number of rotatable bonds is 7. The zero-order chi connectivity index (χ0) is 37.3. The fourth-order valence-corrected chi connectivity index (χ4v) is 7.39. The number of nitrogens with zero attached hydrogens (tertiary/aromatic N) is 5. The SMILES string of the molecule is c1ccc(-c2ccc(-c3cc(-c4ccc(-c5ccccc5)cc4)cc(-c4nc(-c5ccnc6ccccc56)nc(-c5ccnc6ccccc56)n4)c3)cc2)cc1. The van der Waals surface area contributed by atoms with Crippen molar-refractivity contribution in [3.8, 4) is 78.7 Å². The predicted octanol–water partition coefficient (Wildman–Crippen LogP) is 12.6. The first-order chi connectivity index (χ1) is 27.7. The van der Waals surface area contributed by atoms with Gasteiger partial charge in [0.1, 0.15) is 0 Å².